The standard InChI is InChI=1S/C35H38ClN3O4S/c1-26-15-11-12-18-28(26)24-38(32(34(41)37-35(2,3)4)23-27-16-7-5-8-17-27)33(40)25-39(31-22-14-13-21-30(31)36)44(42,43)29-19-9-6-10-20-29/h5-22,32H,23-25H2,1-4H3,(H,37,41). The highest BCUT2D eigenvalue weighted by atomic mass is 35.5. The Balaban J connectivity index is 1.83. The fraction of sp³-hybridized carbons (Fsp3) is 0.257. The number of anilines is 1. The van der Waals surface area contributed by atoms with Gasteiger partial charge in [-0.2, -0.15) is 0 Å². The van der Waals surface area contributed by atoms with Gasteiger partial charge in [-0.15, -0.1) is 0 Å². The summed E-state index contributed by atoms with van der Waals surface area (Å²) in [5.41, 5.74) is 2.26. The molecule has 230 valence electrons. The predicted octanol–water partition coefficient (Wildman–Crippen LogP) is 6.40. The molecular formula is C35H38ClN3O4S. The van der Waals surface area contributed by atoms with Crippen molar-refractivity contribution in [2.75, 3.05) is 10.8 Å². The van der Waals surface area contributed by atoms with Crippen molar-refractivity contribution >= 4 is 39.1 Å². The molecule has 4 rings (SSSR count). The highest BCUT2D eigenvalue weighted by Crippen LogP contribution is 2.31. The molecule has 9 heteroatoms. The van der Waals surface area contributed by atoms with Crippen LogP contribution in [0.2, 0.25) is 5.02 Å². The monoisotopic (exact) mass is 631 g/mol. The molecule has 0 aliphatic rings. The summed E-state index contributed by atoms with van der Waals surface area (Å²) in [7, 11) is -4.22. The number of hydrogen-bond donors (Lipinski definition) is 1. The third-order valence-electron chi connectivity index (χ3n) is 7.10. The van der Waals surface area contributed by atoms with Crippen LogP contribution >= 0.6 is 11.6 Å². The third-order valence-corrected chi connectivity index (χ3v) is 9.20. The molecule has 0 saturated carbocycles. The van der Waals surface area contributed by atoms with E-state index in [1.54, 1.807) is 42.5 Å². The first kappa shape index (κ1) is 32.8. The van der Waals surface area contributed by atoms with E-state index in [2.05, 4.69) is 5.32 Å². The molecule has 0 fully saturated rings. The van der Waals surface area contributed by atoms with Crippen molar-refractivity contribution in [3.8, 4) is 0 Å². The molecule has 4 aromatic rings. The summed E-state index contributed by atoms with van der Waals surface area (Å²) >= 11 is 6.52. The van der Waals surface area contributed by atoms with E-state index in [0.717, 1.165) is 21.0 Å². The van der Waals surface area contributed by atoms with Gasteiger partial charge in [0.05, 0.1) is 15.6 Å². The van der Waals surface area contributed by atoms with Crippen molar-refractivity contribution < 1.29 is 18.0 Å². The van der Waals surface area contributed by atoms with Gasteiger partial charge in [0, 0.05) is 18.5 Å². The van der Waals surface area contributed by atoms with E-state index in [-0.39, 0.29) is 34.5 Å². The SMILES string of the molecule is Cc1ccccc1CN(C(=O)CN(c1ccccc1Cl)S(=O)(=O)c1ccccc1)C(Cc1ccccc1)C(=O)NC(C)(C)C. The number of rotatable bonds is 11. The summed E-state index contributed by atoms with van der Waals surface area (Å²) in [4.78, 5) is 30.0. The average molecular weight is 632 g/mol. The Labute approximate surface area is 265 Å². The largest absolute Gasteiger partial charge is 0.350 e. The molecule has 1 N–H and O–H groups in total. The van der Waals surface area contributed by atoms with Gasteiger partial charge in [0.1, 0.15) is 12.6 Å². The number of nitrogens with one attached hydrogen (secondary N) is 1. The molecule has 44 heavy (non-hydrogen) atoms. The molecule has 0 bridgehead atoms. The zero-order valence-corrected chi connectivity index (χ0v) is 27.0. The number of para-hydroxylation sites is 1. The highest BCUT2D eigenvalue weighted by molar-refractivity contribution is 7.92. The number of carbonyl (C=O) groups is 2. The second-order valence-electron chi connectivity index (χ2n) is 11.7. The molecule has 7 nitrogen and oxygen atoms in total. The van der Waals surface area contributed by atoms with Gasteiger partial charge in [0.2, 0.25) is 11.8 Å². The molecule has 0 aliphatic carbocycles. The zero-order valence-electron chi connectivity index (χ0n) is 25.4. The molecule has 0 radical (unpaired) electrons. The summed E-state index contributed by atoms with van der Waals surface area (Å²) in [5, 5.41) is 3.22. The second-order valence-corrected chi connectivity index (χ2v) is 13.9. The highest BCUT2D eigenvalue weighted by Gasteiger charge is 2.36. The first-order valence-corrected chi connectivity index (χ1v) is 16.2. The maximum absolute atomic E-state index is 14.5. The number of benzene rings is 4. The maximum Gasteiger partial charge on any atom is 0.264 e. The Hall–Kier alpha value is -4.14. The van der Waals surface area contributed by atoms with Crippen molar-refractivity contribution in [1.82, 2.24) is 10.2 Å². The van der Waals surface area contributed by atoms with Crippen molar-refractivity contribution in [2.45, 2.75) is 57.1 Å². The minimum Gasteiger partial charge on any atom is -0.350 e. The Bertz CT molecular complexity index is 1690. The van der Waals surface area contributed by atoms with Gasteiger partial charge < -0.3 is 10.2 Å². The molecule has 1 unspecified atom stereocenters. The minimum absolute atomic E-state index is 0.0180. The lowest BCUT2D eigenvalue weighted by atomic mass is 10.00. The summed E-state index contributed by atoms with van der Waals surface area (Å²) in [6.45, 7) is 7.11. The van der Waals surface area contributed by atoms with E-state index in [4.69, 9.17) is 11.6 Å². The fourth-order valence-corrected chi connectivity index (χ4v) is 6.61. The van der Waals surface area contributed by atoms with Crippen LogP contribution in [0.15, 0.2) is 114 Å². The number of aryl methyl sites for hydroxylation is 1. The third kappa shape index (κ3) is 8.27. The molecule has 0 aromatic heterocycles. The normalized spacial score (nSPS) is 12.3. The number of amides is 2. The van der Waals surface area contributed by atoms with Gasteiger partial charge in [0.25, 0.3) is 10.0 Å². The maximum atomic E-state index is 14.5. The van der Waals surface area contributed by atoms with Crippen LogP contribution in [0.5, 0.6) is 0 Å². The smallest absolute Gasteiger partial charge is 0.264 e. The summed E-state index contributed by atoms with van der Waals surface area (Å²) < 4.78 is 29.1. The van der Waals surface area contributed by atoms with E-state index in [9.17, 15) is 18.0 Å². The number of nitrogens with zero attached hydrogens (tertiary/aromatic N) is 2. The molecule has 0 spiro atoms. The van der Waals surface area contributed by atoms with E-state index < -0.39 is 34.1 Å². The summed E-state index contributed by atoms with van der Waals surface area (Å²) in [6.07, 6.45) is 0.234. The van der Waals surface area contributed by atoms with E-state index in [0.29, 0.717) is 0 Å². The fourth-order valence-electron chi connectivity index (χ4n) is 4.86. The summed E-state index contributed by atoms with van der Waals surface area (Å²) in [5.74, 6) is -0.879. The van der Waals surface area contributed by atoms with Gasteiger partial charge >= 0.3 is 0 Å². The topological polar surface area (TPSA) is 86.8 Å². The Morgan fingerprint density at radius 3 is 2.00 bits per heavy atom. The zero-order chi connectivity index (χ0) is 31.9. The molecule has 0 heterocycles. The first-order chi connectivity index (χ1) is 20.9. The number of hydrogen-bond acceptors (Lipinski definition) is 4. The van der Waals surface area contributed by atoms with Crippen molar-refractivity contribution in [1.29, 1.82) is 0 Å². The van der Waals surface area contributed by atoms with Crippen LogP contribution in [0.4, 0.5) is 5.69 Å². The number of sulfonamides is 1. The second kappa shape index (κ2) is 14.1. The van der Waals surface area contributed by atoms with Crippen LogP contribution in [-0.2, 0) is 32.6 Å². The first-order valence-electron chi connectivity index (χ1n) is 14.4. The Morgan fingerprint density at radius 1 is 0.818 bits per heavy atom. The van der Waals surface area contributed by atoms with Gasteiger partial charge in [0.15, 0.2) is 0 Å². The molecule has 0 aliphatic heterocycles. The molecule has 0 saturated heterocycles. The summed E-state index contributed by atoms with van der Waals surface area (Å²) in [6, 6.07) is 30.6. The average Bonchev–Trinajstić information content (AvgIpc) is 2.99. The Kier molecular flexibility index (Phi) is 10.5. The van der Waals surface area contributed by atoms with Crippen LogP contribution in [0.25, 0.3) is 0 Å². The van der Waals surface area contributed by atoms with Crippen LogP contribution in [0.3, 0.4) is 0 Å². The van der Waals surface area contributed by atoms with Crippen LogP contribution < -0.4 is 9.62 Å². The van der Waals surface area contributed by atoms with Gasteiger partial charge in [-0.25, -0.2) is 8.42 Å². The van der Waals surface area contributed by atoms with Crippen LogP contribution in [0.1, 0.15) is 37.5 Å². The van der Waals surface area contributed by atoms with Crippen LogP contribution in [-0.4, -0.2) is 43.3 Å². The van der Waals surface area contributed by atoms with Crippen molar-refractivity contribution in [2.24, 2.45) is 0 Å². The minimum atomic E-state index is -4.22. The van der Waals surface area contributed by atoms with Crippen molar-refractivity contribution in [3.63, 3.8) is 0 Å². The molecule has 1 atom stereocenters. The van der Waals surface area contributed by atoms with Gasteiger partial charge in [-0.3, -0.25) is 13.9 Å². The quantitative estimate of drug-likeness (QED) is 0.208. The lowest BCUT2D eigenvalue weighted by Crippen LogP contribution is -2.56. The lowest BCUT2D eigenvalue weighted by molar-refractivity contribution is -0.140. The van der Waals surface area contributed by atoms with E-state index in [1.807, 2.05) is 82.3 Å². The molecule has 4 aromatic carbocycles. The number of halogens is 1. The lowest BCUT2D eigenvalue weighted by Gasteiger charge is -2.35. The van der Waals surface area contributed by atoms with Crippen LogP contribution in [0, 0.1) is 6.92 Å². The Morgan fingerprint density at radius 2 is 1.39 bits per heavy atom. The van der Waals surface area contributed by atoms with Crippen molar-refractivity contribution in [3.05, 3.63) is 131 Å². The van der Waals surface area contributed by atoms with E-state index >= 15 is 0 Å². The predicted molar refractivity (Wildman–Crippen MR) is 176 cm³/mol. The molecular weight excluding hydrogens is 594 g/mol. The van der Waals surface area contributed by atoms with Gasteiger partial charge in [-0.05, 0) is 68.7 Å². The van der Waals surface area contributed by atoms with Gasteiger partial charge in [-0.1, -0.05) is 96.5 Å². The van der Waals surface area contributed by atoms with E-state index in [1.165, 1.54) is 17.0 Å². The number of carbonyl (C=O) groups excluding carboxylic acids is 2. The molecule has 2 amide bonds.